The molecule has 0 radical (unpaired) electrons. The summed E-state index contributed by atoms with van der Waals surface area (Å²) in [4.78, 5) is 28.1. The molecule has 0 heterocycles. The lowest BCUT2D eigenvalue weighted by molar-refractivity contribution is -0.139. The normalized spacial score (nSPS) is 11.7. The minimum Gasteiger partial charge on any atom is -0.497 e. The smallest absolute Gasteiger partial charge is 0.264 e. The Hall–Kier alpha value is -4.25. The number of rotatable bonds is 13. The molecule has 1 atom stereocenters. The highest BCUT2D eigenvalue weighted by Gasteiger charge is 2.33. The Morgan fingerprint density at radius 2 is 1.43 bits per heavy atom. The van der Waals surface area contributed by atoms with Gasteiger partial charge in [0.2, 0.25) is 11.8 Å². The number of anilines is 1. The molecule has 214 valence electrons. The van der Waals surface area contributed by atoms with Crippen LogP contribution in [0.25, 0.3) is 0 Å². The first-order chi connectivity index (χ1) is 19.2. The molecule has 0 aromatic heterocycles. The zero-order valence-corrected chi connectivity index (χ0v) is 24.1. The van der Waals surface area contributed by atoms with E-state index in [2.05, 4.69) is 5.32 Å². The van der Waals surface area contributed by atoms with Gasteiger partial charge in [0.05, 0.1) is 31.9 Å². The number of para-hydroxylation sites is 2. The predicted molar refractivity (Wildman–Crippen MR) is 152 cm³/mol. The summed E-state index contributed by atoms with van der Waals surface area (Å²) in [5.41, 5.74) is 0.927. The van der Waals surface area contributed by atoms with Gasteiger partial charge in [0.1, 0.15) is 29.8 Å². The lowest BCUT2D eigenvalue weighted by Gasteiger charge is -2.32. The van der Waals surface area contributed by atoms with E-state index in [1.807, 2.05) is 0 Å². The van der Waals surface area contributed by atoms with Crippen LogP contribution in [0.4, 0.5) is 5.69 Å². The number of hydrogen-bond acceptors (Lipinski definition) is 7. The molecule has 3 aromatic rings. The first kappa shape index (κ1) is 30.3. The highest BCUT2D eigenvalue weighted by atomic mass is 32.2. The molecule has 2 amide bonds. The van der Waals surface area contributed by atoms with E-state index in [0.717, 1.165) is 9.87 Å². The van der Waals surface area contributed by atoms with Crippen molar-refractivity contribution >= 4 is 27.5 Å². The molecule has 1 N–H and O–H groups in total. The van der Waals surface area contributed by atoms with Gasteiger partial charge in [0.25, 0.3) is 10.0 Å². The fourth-order valence-corrected chi connectivity index (χ4v) is 5.48. The number of carbonyl (C=O) groups excluding carboxylic acids is 2. The maximum Gasteiger partial charge on any atom is 0.264 e. The monoisotopic (exact) mass is 569 g/mol. The third kappa shape index (κ3) is 7.03. The Bertz CT molecular complexity index is 1390. The topological polar surface area (TPSA) is 114 Å². The van der Waals surface area contributed by atoms with Gasteiger partial charge in [-0.2, -0.15) is 0 Å². The molecule has 3 aromatic carbocycles. The van der Waals surface area contributed by atoms with Crippen LogP contribution in [0, 0.1) is 0 Å². The van der Waals surface area contributed by atoms with Crippen molar-refractivity contribution < 1.29 is 32.2 Å². The molecule has 0 aliphatic carbocycles. The van der Waals surface area contributed by atoms with E-state index in [0.29, 0.717) is 18.0 Å². The number of sulfonamides is 1. The fraction of sp³-hybridized carbons (Fsp3) is 0.310. The minimum atomic E-state index is -4.25. The Labute approximate surface area is 235 Å². The molecule has 0 spiro atoms. The van der Waals surface area contributed by atoms with Gasteiger partial charge in [-0.15, -0.1) is 0 Å². The summed E-state index contributed by atoms with van der Waals surface area (Å²) in [7, 11) is 0.213. The summed E-state index contributed by atoms with van der Waals surface area (Å²) >= 11 is 0. The molecule has 0 fully saturated rings. The number of amides is 2. The molecule has 0 saturated carbocycles. The van der Waals surface area contributed by atoms with Crippen molar-refractivity contribution in [2.24, 2.45) is 0 Å². The average Bonchev–Trinajstić information content (AvgIpc) is 2.98. The third-order valence-corrected chi connectivity index (χ3v) is 8.08. The maximum absolute atomic E-state index is 14.0. The van der Waals surface area contributed by atoms with Gasteiger partial charge in [0, 0.05) is 13.1 Å². The molecule has 10 nitrogen and oxygen atoms in total. The highest BCUT2D eigenvalue weighted by Crippen LogP contribution is 2.33. The second-order valence-electron chi connectivity index (χ2n) is 8.80. The summed E-state index contributed by atoms with van der Waals surface area (Å²) in [6.45, 7) is 3.27. The molecule has 3 rings (SSSR count). The highest BCUT2D eigenvalue weighted by molar-refractivity contribution is 7.92. The number of ether oxygens (including phenoxy) is 3. The second-order valence-corrected chi connectivity index (χ2v) is 10.7. The number of methoxy groups -OCH3 is 3. The van der Waals surface area contributed by atoms with E-state index < -0.39 is 28.5 Å². The predicted octanol–water partition coefficient (Wildman–Crippen LogP) is 3.46. The van der Waals surface area contributed by atoms with Crippen LogP contribution in [0.2, 0.25) is 0 Å². The van der Waals surface area contributed by atoms with Crippen molar-refractivity contribution in [1.29, 1.82) is 0 Å². The van der Waals surface area contributed by atoms with Gasteiger partial charge in [-0.05, 0) is 67.9 Å². The number of likely N-dealkylation sites (N-methyl/N-ethyl adjacent to an activating group) is 1. The van der Waals surface area contributed by atoms with Crippen LogP contribution in [-0.2, 0) is 26.2 Å². The van der Waals surface area contributed by atoms with Crippen molar-refractivity contribution in [3.05, 3.63) is 78.4 Å². The number of nitrogens with zero attached hydrogens (tertiary/aromatic N) is 2. The zero-order valence-electron chi connectivity index (χ0n) is 23.3. The average molecular weight is 570 g/mol. The molecular formula is C29H35N3O7S. The fourth-order valence-electron chi connectivity index (χ4n) is 4.06. The first-order valence-electron chi connectivity index (χ1n) is 12.7. The van der Waals surface area contributed by atoms with E-state index in [9.17, 15) is 18.0 Å². The van der Waals surface area contributed by atoms with Gasteiger partial charge in [-0.1, -0.05) is 24.3 Å². The van der Waals surface area contributed by atoms with E-state index in [-0.39, 0.29) is 28.8 Å². The van der Waals surface area contributed by atoms with Crippen molar-refractivity contribution in [3.8, 4) is 17.2 Å². The first-order valence-corrected chi connectivity index (χ1v) is 14.1. The van der Waals surface area contributed by atoms with Gasteiger partial charge in [-0.25, -0.2) is 8.42 Å². The van der Waals surface area contributed by atoms with Crippen LogP contribution >= 0.6 is 0 Å². The van der Waals surface area contributed by atoms with Crippen molar-refractivity contribution in [1.82, 2.24) is 10.2 Å². The standard InChI is InChI=1S/C29H35N3O7S/c1-6-30-29(34)21(2)31(19-22-11-13-23(37-3)14-12-22)28(33)20-32(26-9-7-8-10-27(26)39-5)40(35,36)25-17-15-24(38-4)16-18-25/h7-18,21H,6,19-20H2,1-5H3,(H,30,34)/t21-/m0/s1. The van der Waals surface area contributed by atoms with E-state index >= 15 is 0 Å². The van der Waals surface area contributed by atoms with Gasteiger partial charge >= 0.3 is 0 Å². The number of nitrogens with one attached hydrogen (secondary N) is 1. The van der Waals surface area contributed by atoms with Crippen LogP contribution in [0.1, 0.15) is 19.4 Å². The molecule has 0 aliphatic rings. The Balaban J connectivity index is 2.05. The Morgan fingerprint density at radius 1 is 0.850 bits per heavy atom. The number of benzene rings is 3. The van der Waals surface area contributed by atoms with E-state index in [1.165, 1.54) is 43.4 Å². The van der Waals surface area contributed by atoms with Crippen molar-refractivity contribution in [2.75, 3.05) is 38.7 Å². The number of carbonyl (C=O) groups is 2. The lowest BCUT2D eigenvalue weighted by Crippen LogP contribution is -2.51. The quantitative estimate of drug-likeness (QED) is 0.335. The Morgan fingerprint density at radius 3 is 1.98 bits per heavy atom. The van der Waals surface area contributed by atoms with Crippen LogP contribution in [0.3, 0.4) is 0 Å². The van der Waals surface area contributed by atoms with Crippen LogP contribution in [0.5, 0.6) is 17.2 Å². The second kappa shape index (κ2) is 13.7. The van der Waals surface area contributed by atoms with E-state index in [1.54, 1.807) is 69.5 Å². The molecule has 0 saturated heterocycles. The van der Waals surface area contributed by atoms with E-state index in [4.69, 9.17) is 14.2 Å². The van der Waals surface area contributed by atoms with Crippen molar-refractivity contribution in [3.63, 3.8) is 0 Å². The van der Waals surface area contributed by atoms with Gasteiger partial charge < -0.3 is 24.4 Å². The summed E-state index contributed by atoms with van der Waals surface area (Å²) in [5, 5.41) is 2.74. The van der Waals surface area contributed by atoms with Crippen LogP contribution in [0.15, 0.2) is 77.7 Å². The maximum atomic E-state index is 14.0. The number of hydrogen-bond donors (Lipinski definition) is 1. The molecule has 11 heteroatoms. The zero-order chi connectivity index (χ0) is 29.3. The summed E-state index contributed by atoms with van der Waals surface area (Å²) in [6, 6.07) is 18.6. The largest absolute Gasteiger partial charge is 0.497 e. The summed E-state index contributed by atoms with van der Waals surface area (Å²) in [6.07, 6.45) is 0. The summed E-state index contributed by atoms with van der Waals surface area (Å²) in [5.74, 6) is 0.473. The molecular weight excluding hydrogens is 534 g/mol. The summed E-state index contributed by atoms with van der Waals surface area (Å²) < 4.78 is 44.7. The molecule has 0 aliphatic heterocycles. The van der Waals surface area contributed by atoms with Crippen molar-refractivity contribution in [2.45, 2.75) is 31.3 Å². The van der Waals surface area contributed by atoms with Gasteiger partial charge in [0.15, 0.2) is 0 Å². The lowest BCUT2D eigenvalue weighted by atomic mass is 10.1. The van der Waals surface area contributed by atoms with Crippen LogP contribution < -0.4 is 23.8 Å². The van der Waals surface area contributed by atoms with Gasteiger partial charge in [-0.3, -0.25) is 13.9 Å². The SMILES string of the molecule is CCNC(=O)[C@H](C)N(Cc1ccc(OC)cc1)C(=O)CN(c1ccccc1OC)S(=O)(=O)c1ccc(OC)cc1. The van der Waals surface area contributed by atoms with Crippen LogP contribution in [-0.4, -0.2) is 65.6 Å². The Kier molecular flexibility index (Phi) is 10.4. The molecule has 40 heavy (non-hydrogen) atoms. The minimum absolute atomic E-state index is 0.0366. The molecule has 0 unspecified atom stereocenters. The third-order valence-electron chi connectivity index (χ3n) is 6.31. The molecule has 0 bridgehead atoms.